The molecule has 0 atom stereocenters. The van der Waals surface area contributed by atoms with Crippen molar-refractivity contribution in [1.82, 2.24) is 4.98 Å². The van der Waals surface area contributed by atoms with Crippen molar-refractivity contribution in [1.29, 1.82) is 0 Å². The van der Waals surface area contributed by atoms with Crippen LogP contribution >= 0.6 is 15.9 Å². The van der Waals surface area contributed by atoms with Gasteiger partial charge in [0, 0.05) is 6.08 Å². The van der Waals surface area contributed by atoms with Crippen molar-refractivity contribution in [3.8, 4) is 0 Å². The van der Waals surface area contributed by atoms with Crippen LogP contribution in [0, 0.1) is 0 Å². The van der Waals surface area contributed by atoms with E-state index in [4.69, 9.17) is 4.74 Å². The number of rotatable bonds is 2. The van der Waals surface area contributed by atoms with Crippen LogP contribution in [0.2, 0.25) is 0 Å². The van der Waals surface area contributed by atoms with Gasteiger partial charge in [-0.3, -0.25) is 0 Å². The highest BCUT2D eigenvalue weighted by Crippen LogP contribution is 2.09. The molecule has 0 N–H and O–H groups in total. The van der Waals surface area contributed by atoms with Crippen LogP contribution in [-0.4, -0.2) is 16.6 Å². The Morgan fingerprint density at radius 1 is 1.44 bits per heavy atom. The van der Waals surface area contributed by atoms with E-state index in [9.17, 15) is 4.79 Å². The predicted octanol–water partition coefficient (Wildman–Crippen LogP) is 3.20. The van der Waals surface area contributed by atoms with Gasteiger partial charge >= 0.3 is 5.97 Å². The number of pyridine rings is 1. The van der Waals surface area contributed by atoms with Gasteiger partial charge in [0.05, 0.1) is 5.69 Å². The minimum Gasteiger partial charge on any atom is -0.457 e. The van der Waals surface area contributed by atoms with Crippen LogP contribution in [0.4, 0.5) is 0 Å². The van der Waals surface area contributed by atoms with Crippen LogP contribution in [0.3, 0.4) is 0 Å². The van der Waals surface area contributed by atoms with Gasteiger partial charge in [0.15, 0.2) is 0 Å². The normalized spacial score (nSPS) is 11.8. The van der Waals surface area contributed by atoms with Gasteiger partial charge in [-0.2, -0.15) is 0 Å². The average Bonchev–Trinajstić information content (AvgIpc) is 2.12. The summed E-state index contributed by atoms with van der Waals surface area (Å²) in [6.45, 7) is 5.49. The molecule has 0 radical (unpaired) electrons. The summed E-state index contributed by atoms with van der Waals surface area (Å²) in [7, 11) is 0. The number of carbonyl (C=O) groups is 1. The van der Waals surface area contributed by atoms with Crippen molar-refractivity contribution in [3.63, 3.8) is 0 Å². The third-order valence-corrected chi connectivity index (χ3v) is 1.98. The molecule has 1 heterocycles. The molecule has 0 fully saturated rings. The maximum absolute atomic E-state index is 11.4. The second kappa shape index (κ2) is 5.25. The van der Waals surface area contributed by atoms with E-state index in [1.54, 1.807) is 6.08 Å². The predicted molar refractivity (Wildman–Crippen MR) is 66.8 cm³/mol. The van der Waals surface area contributed by atoms with Gasteiger partial charge in [0.1, 0.15) is 10.2 Å². The zero-order valence-electron chi connectivity index (χ0n) is 9.53. The van der Waals surface area contributed by atoms with Crippen molar-refractivity contribution >= 4 is 28.0 Å². The molecule has 0 amide bonds. The molecule has 0 spiro atoms. The molecule has 0 bridgehead atoms. The zero-order valence-corrected chi connectivity index (χ0v) is 11.1. The van der Waals surface area contributed by atoms with Gasteiger partial charge in [-0.25, -0.2) is 9.78 Å². The highest BCUT2D eigenvalue weighted by atomic mass is 79.9. The molecule has 1 aromatic rings. The largest absolute Gasteiger partial charge is 0.457 e. The minimum atomic E-state index is -0.466. The van der Waals surface area contributed by atoms with E-state index in [1.807, 2.05) is 39.0 Å². The second-order valence-corrected chi connectivity index (χ2v) is 5.06. The number of hydrogen-bond donors (Lipinski definition) is 0. The lowest BCUT2D eigenvalue weighted by Gasteiger charge is -2.17. The van der Waals surface area contributed by atoms with Crippen LogP contribution in [-0.2, 0) is 9.53 Å². The van der Waals surface area contributed by atoms with E-state index in [0.29, 0.717) is 5.69 Å². The van der Waals surface area contributed by atoms with Crippen LogP contribution in [0.25, 0.3) is 6.08 Å². The molecule has 0 saturated carbocycles. The van der Waals surface area contributed by atoms with E-state index in [-0.39, 0.29) is 5.97 Å². The molecule has 16 heavy (non-hydrogen) atoms. The van der Waals surface area contributed by atoms with Gasteiger partial charge < -0.3 is 4.74 Å². The second-order valence-electron chi connectivity index (χ2n) is 4.25. The quantitative estimate of drug-likeness (QED) is 0.475. The zero-order chi connectivity index (χ0) is 12.2. The molecular weight excluding hydrogens is 270 g/mol. The summed E-state index contributed by atoms with van der Waals surface area (Å²) in [5.41, 5.74) is 0.242. The molecule has 0 aliphatic rings. The molecule has 3 nitrogen and oxygen atoms in total. The Morgan fingerprint density at radius 2 is 2.12 bits per heavy atom. The number of aromatic nitrogens is 1. The standard InChI is InChI=1S/C12H14BrNO2/c1-12(2,3)16-11(15)8-7-9-5-4-6-10(13)14-9/h4-8H,1-3H3/b8-7+. The highest BCUT2D eigenvalue weighted by Gasteiger charge is 2.13. The average molecular weight is 284 g/mol. The van der Waals surface area contributed by atoms with E-state index >= 15 is 0 Å². The summed E-state index contributed by atoms with van der Waals surface area (Å²) in [5, 5.41) is 0. The monoisotopic (exact) mass is 283 g/mol. The van der Waals surface area contributed by atoms with Crippen LogP contribution in [0.15, 0.2) is 28.9 Å². The maximum Gasteiger partial charge on any atom is 0.331 e. The first kappa shape index (κ1) is 12.9. The first-order chi connectivity index (χ1) is 7.37. The van der Waals surface area contributed by atoms with Gasteiger partial charge in [0.25, 0.3) is 0 Å². The number of ether oxygens (including phenoxy) is 1. The summed E-state index contributed by atoms with van der Waals surface area (Å²) >= 11 is 3.26. The SMILES string of the molecule is CC(C)(C)OC(=O)/C=C/c1cccc(Br)n1. The summed E-state index contributed by atoms with van der Waals surface area (Å²) in [6.07, 6.45) is 3.00. The van der Waals surface area contributed by atoms with Crippen molar-refractivity contribution in [2.75, 3.05) is 0 Å². The lowest BCUT2D eigenvalue weighted by Crippen LogP contribution is -2.22. The van der Waals surface area contributed by atoms with Gasteiger partial charge in [-0.05, 0) is 54.9 Å². The number of nitrogens with zero attached hydrogens (tertiary/aromatic N) is 1. The molecule has 86 valence electrons. The van der Waals surface area contributed by atoms with Crippen LogP contribution < -0.4 is 0 Å². The van der Waals surface area contributed by atoms with Gasteiger partial charge in [-0.15, -0.1) is 0 Å². The van der Waals surface area contributed by atoms with Crippen LogP contribution in [0.5, 0.6) is 0 Å². The third-order valence-electron chi connectivity index (χ3n) is 1.53. The fourth-order valence-electron chi connectivity index (χ4n) is 1.01. The Kier molecular flexibility index (Phi) is 4.24. The van der Waals surface area contributed by atoms with Gasteiger partial charge in [-0.1, -0.05) is 6.07 Å². The van der Waals surface area contributed by atoms with Crippen LogP contribution in [0.1, 0.15) is 26.5 Å². The fourth-order valence-corrected chi connectivity index (χ4v) is 1.36. The lowest BCUT2D eigenvalue weighted by atomic mass is 10.2. The molecule has 0 aliphatic carbocycles. The molecular formula is C12H14BrNO2. The topological polar surface area (TPSA) is 39.2 Å². The van der Waals surface area contributed by atoms with Gasteiger partial charge in [0.2, 0.25) is 0 Å². The number of halogens is 1. The Bertz CT molecular complexity index is 408. The summed E-state index contributed by atoms with van der Waals surface area (Å²) in [6, 6.07) is 5.49. The first-order valence-corrected chi connectivity index (χ1v) is 5.70. The summed E-state index contributed by atoms with van der Waals surface area (Å²) in [4.78, 5) is 15.5. The summed E-state index contributed by atoms with van der Waals surface area (Å²) in [5.74, 6) is -0.366. The molecule has 0 saturated heterocycles. The Labute approximate surface area is 104 Å². The number of esters is 1. The van der Waals surface area contributed by atoms with E-state index in [2.05, 4.69) is 20.9 Å². The molecule has 4 heteroatoms. The highest BCUT2D eigenvalue weighted by molar-refractivity contribution is 9.10. The number of carbonyl (C=O) groups excluding carboxylic acids is 1. The first-order valence-electron chi connectivity index (χ1n) is 4.90. The van der Waals surface area contributed by atoms with Crippen molar-refractivity contribution in [2.24, 2.45) is 0 Å². The molecule has 0 unspecified atom stereocenters. The molecule has 1 rings (SSSR count). The smallest absolute Gasteiger partial charge is 0.331 e. The van der Waals surface area contributed by atoms with Crippen molar-refractivity contribution in [3.05, 3.63) is 34.6 Å². The Morgan fingerprint density at radius 3 is 2.69 bits per heavy atom. The lowest BCUT2D eigenvalue weighted by molar-refractivity contribution is -0.148. The number of hydrogen-bond acceptors (Lipinski definition) is 3. The van der Waals surface area contributed by atoms with E-state index < -0.39 is 5.60 Å². The molecule has 0 aromatic carbocycles. The summed E-state index contributed by atoms with van der Waals surface area (Å²) < 4.78 is 5.86. The van der Waals surface area contributed by atoms with E-state index in [0.717, 1.165) is 4.60 Å². The van der Waals surface area contributed by atoms with Crippen molar-refractivity contribution < 1.29 is 9.53 Å². The third kappa shape index (κ3) is 5.07. The van der Waals surface area contributed by atoms with Crippen molar-refractivity contribution in [2.45, 2.75) is 26.4 Å². The Hall–Kier alpha value is -1.16. The minimum absolute atomic E-state index is 0.366. The fraction of sp³-hybridized carbons (Fsp3) is 0.333. The van der Waals surface area contributed by atoms with E-state index in [1.165, 1.54) is 6.08 Å². The Balaban J connectivity index is 2.64. The molecule has 1 aromatic heterocycles. The molecule has 0 aliphatic heterocycles. The maximum atomic E-state index is 11.4.